The Morgan fingerprint density at radius 3 is 1.80 bits per heavy atom. The van der Waals surface area contributed by atoms with E-state index in [9.17, 15) is 0 Å². The average Bonchev–Trinajstić information content (AvgIpc) is 1.86. The second kappa shape index (κ2) is 11.8. The number of rotatable bonds is 0. The minimum absolute atomic E-state index is 0. The fourth-order valence-electron chi connectivity index (χ4n) is 0.470. The third kappa shape index (κ3) is 8.04. The van der Waals surface area contributed by atoms with Crippen LogP contribution >= 0.6 is 0 Å². The summed E-state index contributed by atoms with van der Waals surface area (Å²) in [5.74, 6) is 0. The van der Waals surface area contributed by atoms with Crippen molar-refractivity contribution >= 4 is 0 Å². The maximum Gasteiger partial charge on any atom is 4.00 e. The van der Waals surface area contributed by atoms with Crippen LogP contribution in [0, 0.1) is 29.2 Å². The standard InChI is InChI=1S/C6H7.3CH3.Pt/c1-6-4-2-3-5-6;;;;/h2-5H,1H3;3*1H3;/q4*-1;+4. The van der Waals surface area contributed by atoms with Crippen LogP contribution in [-0.4, -0.2) is 0 Å². The molecule has 0 aliphatic heterocycles. The van der Waals surface area contributed by atoms with Gasteiger partial charge in [-0.25, -0.2) is 11.6 Å². The largest absolute Gasteiger partial charge is 4.00 e. The summed E-state index contributed by atoms with van der Waals surface area (Å²) in [7, 11) is 0. The zero-order chi connectivity index (χ0) is 4.41. The molecule has 0 unspecified atom stereocenters. The van der Waals surface area contributed by atoms with Gasteiger partial charge in [0.1, 0.15) is 0 Å². The van der Waals surface area contributed by atoms with Crippen LogP contribution in [-0.2, 0) is 21.1 Å². The number of hydrogen-bond donors (Lipinski definition) is 0. The third-order valence-corrected chi connectivity index (χ3v) is 0.829. The van der Waals surface area contributed by atoms with Crippen molar-refractivity contribution in [3.8, 4) is 0 Å². The van der Waals surface area contributed by atoms with E-state index < -0.39 is 0 Å². The third-order valence-electron chi connectivity index (χ3n) is 0.829. The van der Waals surface area contributed by atoms with Crippen LogP contribution in [0.3, 0.4) is 0 Å². The molecule has 1 aromatic carbocycles. The first kappa shape index (κ1) is 22.5. The fourth-order valence-corrected chi connectivity index (χ4v) is 0.470. The normalized spacial score (nSPS) is 5.30. The van der Waals surface area contributed by atoms with Crippen molar-refractivity contribution in [2.45, 2.75) is 6.92 Å². The predicted octanol–water partition coefficient (Wildman–Crippen LogP) is 3.06. The molecule has 1 rings (SSSR count). The van der Waals surface area contributed by atoms with Crippen LogP contribution in [0.25, 0.3) is 0 Å². The number of aryl methyl sites for hydroxylation is 1. The first-order valence-electron chi connectivity index (χ1n) is 2.08. The topological polar surface area (TPSA) is 0 Å². The molecule has 0 aliphatic rings. The van der Waals surface area contributed by atoms with E-state index in [0.29, 0.717) is 0 Å². The Morgan fingerprint density at radius 1 is 1.20 bits per heavy atom. The molecule has 1 aromatic rings. The van der Waals surface area contributed by atoms with E-state index in [1.54, 1.807) is 0 Å². The second-order valence-electron chi connectivity index (χ2n) is 1.46. The molecule has 0 aromatic heterocycles. The smallest absolute Gasteiger partial charge is 0.358 e. The minimum atomic E-state index is 0. The molecule has 1 heteroatoms. The van der Waals surface area contributed by atoms with Gasteiger partial charge in [-0.15, -0.1) is 0 Å². The van der Waals surface area contributed by atoms with Crippen LogP contribution in [0.1, 0.15) is 5.56 Å². The molecular formula is C9H16Pt. The summed E-state index contributed by atoms with van der Waals surface area (Å²) in [5.41, 5.74) is 1.34. The Hall–Kier alpha value is 0.0383. The van der Waals surface area contributed by atoms with E-state index in [-0.39, 0.29) is 43.3 Å². The van der Waals surface area contributed by atoms with Gasteiger partial charge in [-0.1, -0.05) is 6.92 Å². The molecule has 0 amide bonds. The van der Waals surface area contributed by atoms with E-state index in [1.165, 1.54) is 5.56 Å². The molecule has 0 saturated heterocycles. The molecule has 0 nitrogen and oxygen atoms in total. The van der Waals surface area contributed by atoms with Gasteiger partial charge in [0.2, 0.25) is 0 Å². The van der Waals surface area contributed by atoms with Crippen LogP contribution < -0.4 is 0 Å². The summed E-state index contributed by atoms with van der Waals surface area (Å²) in [4.78, 5) is 0. The maximum absolute atomic E-state index is 2.08. The van der Waals surface area contributed by atoms with Crippen LogP contribution in [0.2, 0.25) is 0 Å². The van der Waals surface area contributed by atoms with Crippen molar-refractivity contribution in [1.29, 1.82) is 0 Å². The zero-order valence-electron chi connectivity index (χ0n) is 7.13. The van der Waals surface area contributed by atoms with Crippen LogP contribution in [0.15, 0.2) is 24.3 Å². The summed E-state index contributed by atoms with van der Waals surface area (Å²) in [6.45, 7) is 2.08. The molecule has 10 heavy (non-hydrogen) atoms. The first-order valence-corrected chi connectivity index (χ1v) is 2.08. The van der Waals surface area contributed by atoms with Crippen LogP contribution in [0.5, 0.6) is 0 Å². The summed E-state index contributed by atoms with van der Waals surface area (Å²) in [6.07, 6.45) is 0. The monoisotopic (exact) mass is 319 g/mol. The molecule has 0 fully saturated rings. The van der Waals surface area contributed by atoms with E-state index in [1.807, 2.05) is 12.1 Å². The van der Waals surface area contributed by atoms with Crippen molar-refractivity contribution in [1.82, 2.24) is 0 Å². The summed E-state index contributed by atoms with van der Waals surface area (Å²) >= 11 is 0. The molecule has 0 bridgehead atoms. The Bertz CT molecular complexity index is 108. The SMILES string of the molecule is Cc1cc[cH-]c1.[CH3-].[CH3-].[CH3-].[Pt+4]. The first-order chi connectivity index (χ1) is 2.89. The van der Waals surface area contributed by atoms with Crippen molar-refractivity contribution in [2.24, 2.45) is 0 Å². The molecule has 62 valence electrons. The Kier molecular flexibility index (Phi) is 26.5. The van der Waals surface area contributed by atoms with E-state index >= 15 is 0 Å². The Balaban J connectivity index is -0.0000000450. The zero-order valence-corrected chi connectivity index (χ0v) is 9.40. The van der Waals surface area contributed by atoms with Gasteiger partial charge in [-0.05, 0) is 0 Å². The Morgan fingerprint density at radius 2 is 1.70 bits per heavy atom. The summed E-state index contributed by atoms with van der Waals surface area (Å²) in [6, 6.07) is 8.24. The van der Waals surface area contributed by atoms with Crippen LogP contribution in [0.4, 0.5) is 0 Å². The van der Waals surface area contributed by atoms with Crippen molar-refractivity contribution < 1.29 is 21.1 Å². The van der Waals surface area contributed by atoms with Gasteiger partial charge in [0.05, 0.1) is 0 Å². The van der Waals surface area contributed by atoms with Gasteiger partial charge >= 0.3 is 21.1 Å². The van der Waals surface area contributed by atoms with Gasteiger partial charge in [-0.3, -0.25) is 0 Å². The minimum Gasteiger partial charge on any atom is -0.358 e. The van der Waals surface area contributed by atoms with Crippen molar-refractivity contribution in [2.75, 3.05) is 0 Å². The molecular weight excluding hydrogens is 303 g/mol. The predicted molar refractivity (Wildman–Crippen MR) is 46.0 cm³/mol. The van der Waals surface area contributed by atoms with E-state index in [0.717, 1.165) is 0 Å². The van der Waals surface area contributed by atoms with Gasteiger partial charge in [0, 0.05) is 0 Å². The molecule has 0 atom stereocenters. The average molecular weight is 319 g/mol. The molecule has 0 aliphatic carbocycles. The maximum atomic E-state index is 2.08. The molecule has 0 saturated carbocycles. The van der Waals surface area contributed by atoms with E-state index in [4.69, 9.17) is 0 Å². The quantitative estimate of drug-likeness (QED) is 0.645. The summed E-state index contributed by atoms with van der Waals surface area (Å²) in [5, 5.41) is 0. The van der Waals surface area contributed by atoms with Gasteiger partial charge in [0.25, 0.3) is 0 Å². The van der Waals surface area contributed by atoms with Gasteiger partial charge < -0.3 is 22.3 Å². The van der Waals surface area contributed by atoms with E-state index in [2.05, 4.69) is 19.1 Å². The molecule has 0 radical (unpaired) electrons. The molecule has 0 spiro atoms. The number of hydrogen-bond acceptors (Lipinski definition) is 0. The fraction of sp³-hybridized carbons (Fsp3) is 0.111. The second-order valence-corrected chi connectivity index (χ2v) is 1.46. The molecule has 0 heterocycles. The van der Waals surface area contributed by atoms with Crippen molar-refractivity contribution in [3.05, 3.63) is 52.1 Å². The Labute approximate surface area is 80.3 Å². The van der Waals surface area contributed by atoms with Gasteiger partial charge in [0.15, 0.2) is 0 Å². The molecule has 0 N–H and O–H groups in total. The van der Waals surface area contributed by atoms with Crippen molar-refractivity contribution in [3.63, 3.8) is 0 Å². The summed E-state index contributed by atoms with van der Waals surface area (Å²) < 4.78 is 0. The van der Waals surface area contributed by atoms with Gasteiger partial charge in [-0.2, -0.15) is 18.2 Å².